The largest absolute Gasteiger partial charge is 0.322 e. The maximum atomic E-state index is 13.0. The molecule has 0 radical (unpaired) electrons. The molecule has 10 nitrogen and oxygen atoms in total. The number of carbonyl (C=O) groups is 1. The van der Waals surface area contributed by atoms with Gasteiger partial charge in [0.1, 0.15) is 0 Å². The van der Waals surface area contributed by atoms with E-state index in [1.165, 1.54) is 24.3 Å². The van der Waals surface area contributed by atoms with Gasteiger partial charge in [-0.25, -0.2) is 31.2 Å². The number of amides is 1. The smallest absolute Gasteiger partial charge is 0.256 e. The van der Waals surface area contributed by atoms with Gasteiger partial charge >= 0.3 is 0 Å². The highest BCUT2D eigenvalue weighted by Crippen LogP contribution is 2.23. The number of benzene rings is 1. The number of sulfone groups is 1. The van der Waals surface area contributed by atoms with E-state index >= 15 is 0 Å². The van der Waals surface area contributed by atoms with Gasteiger partial charge in [-0.15, -0.1) is 0 Å². The van der Waals surface area contributed by atoms with E-state index in [-0.39, 0.29) is 34.8 Å². The molecule has 176 valence electrons. The minimum atomic E-state index is -3.88. The second-order valence-corrected chi connectivity index (χ2v) is 12.4. The van der Waals surface area contributed by atoms with Crippen LogP contribution in [0, 0.1) is 6.92 Å². The Labute approximate surface area is 192 Å². The highest BCUT2D eigenvalue weighted by molar-refractivity contribution is 7.92. The van der Waals surface area contributed by atoms with Gasteiger partial charge in [0.2, 0.25) is 10.0 Å². The number of fused-ring (bicyclic) bond motifs is 1. The summed E-state index contributed by atoms with van der Waals surface area (Å²) in [5.41, 5.74) is 2.14. The number of nitrogens with zero attached hydrogens (tertiary/aromatic N) is 3. The van der Waals surface area contributed by atoms with Crippen molar-refractivity contribution in [1.82, 2.24) is 19.5 Å². The fraction of sp³-hybridized carbons (Fsp3) is 0.381. The minimum Gasteiger partial charge on any atom is -0.322 e. The van der Waals surface area contributed by atoms with Gasteiger partial charge in [0.05, 0.1) is 33.5 Å². The van der Waals surface area contributed by atoms with Crippen LogP contribution in [0.4, 0.5) is 5.69 Å². The quantitative estimate of drug-likeness (QED) is 0.538. The molecular formula is C21H25N5O5S2. The second-order valence-electron chi connectivity index (χ2n) is 8.43. The van der Waals surface area contributed by atoms with Gasteiger partial charge in [0.25, 0.3) is 5.91 Å². The van der Waals surface area contributed by atoms with Crippen molar-refractivity contribution in [3.8, 4) is 0 Å². The topological polar surface area (TPSA) is 140 Å². The molecule has 2 aromatic heterocycles. The lowest BCUT2D eigenvalue weighted by molar-refractivity contribution is 0.102. The van der Waals surface area contributed by atoms with Gasteiger partial charge in [-0.2, -0.15) is 5.10 Å². The van der Waals surface area contributed by atoms with E-state index in [9.17, 15) is 21.6 Å². The van der Waals surface area contributed by atoms with Crippen LogP contribution >= 0.6 is 0 Å². The second kappa shape index (κ2) is 8.50. The number of anilines is 1. The van der Waals surface area contributed by atoms with Gasteiger partial charge in [-0.3, -0.25) is 4.79 Å². The fourth-order valence-corrected chi connectivity index (χ4v) is 6.85. The zero-order chi connectivity index (χ0) is 24.0. The molecule has 1 aromatic carbocycles. The Morgan fingerprint density at radius 2 is 1.91 bits per heavy atom. The number of hydrogen-bond acceptors (Lipinski definition) is 7. The van der Waals surface area contributed by atoms with Crippen molar-refractivity contribution < 1.29 is 21.6 Å². The van der Waals surface area contributed by atoms with Crippen LogP contribution in [0.3, 0.4) is 0 Å². The van der Waals surface area contributed by atoms with Crippen molar-refractivity contribution in [2.75, 3.05) is 16.8 Å². The molecule has 4 rings (SSSR count). The molecule has 1 atom stereocenters. The van der Waals surface area contributed by atoms with E-state index in [0.717, 1.165) is 0 Å². The molecule has 1 aliphatic rings. The van der Waals surface area contributed by atoms with Crippen LogP contribution in [0.1, 0.15) is 42.4 Å². The summed E-state index contributed by atoms with van der Waals surface area (Å²) in [4.78, 5) is 17.5. The third kappa shape index (κ3) is 4.92. The van der Waals surface area contributed by atoms with Crippen molar-refractivity contribution in [3.05, 3.63) is 47.8 Å². The van der Waals surface area contributed by atoms with Crippen molar-refractivity contribution >= 4 is 42.5 Å². The molecule has 2 N–H and O–H groups in total. The number of hydrogen-bond donors (Lipinski definition) is 2. The highest BCUT2D eigenvalue weighted by Gasteiger charge is 2.31. The predicted molar refractivity (Wildman–Crippen MR) is 124 cm³/mol. The fourth-order valence-electron chi connectivity index (χ4n) is 3.80. The average molecular weight is 492 g/mol. The molecule has 1 aliphatic heterocycles. The van der Waals surface area contributed by atoms with E-state index in [2.05, 4.69) is 20.1 Å². The maximum absolute atomic E-state index is 13.0. The number of rotatable bonds is 6. The summed E-state index contributed by atoms with van der Waals surface area (Å²) in [6.07, 6.45) is 1.87. The monoisotopic (exact) mass is 491 g/mol. The normalized spacial score (nSPS) is 18.1. The number of nitrogens with one attached hydrogen (secondary N) is 2. The van der Waals surface area contributed by atoms with Crippen molar-refractivity contribution in [2.45, 2.75) is 44.2 Å². The summed E-state index contributed by atoms with van der Waals surface area (Å²) in [5.74, 6) is -0.588. The predicted octanol–water partition coefficient (Wildman–Crippen LogP) is 2.04. The molecule has 0 bridgehead atoms. The van der Waals surface area contributed by atoms with E-state index in [0.29, 0.717) is 28.0 Å². The van der Waals surface area contributed by atoms with Crippen molar-refractivity contribution in [3.63, 3.8) is 0 Å². The third-order valence-corrected chi connectivity index (χ3v) is 8.71. The third-order valence-electron chi connectivity index (χ3n) is 5.41. The molecule has 1 unspecified atom stereocenters. The van der Waals surface area contributed by atoms with E-state index in [1.807, 2.05) is 13.8 Å². The zero-order valence-corrected chi connectivity index (χ0v) is 20.1. The Kier molecular flexibility index (Phi) is 6.01. The molecule has 12 heteroatoms. The van der Waals surface area contributed by atoms with Crippen LogP contribution in [-0.2, 0) is 19.9 Å². The summed E-state index contributed by atoms with van der Waals surface area (Å²) in [7, 11) is -7.08. The van der Waals surface area contributed by atoms with Crippen LogP contribution in [0.15, 0.2) is 41.4 Å². The Morgan fingerprint density at radius 1 is 1.21 bits per heavy atom. The zero-order valence-electron chi connectivity index (χ0n) is 18.4. The lowest BCUT2D eigenvalue weighted by atomic mass is 10.1. The molecule has 0 aliphatic carbocycles. The van der Waals surface area contributed by atoms with Gasteiger partial charge in [-0.05, 0) is 57.5 Å². The minimum absolute atomic E-state index is 0.00912. The average Bonchev–Trinajstić information content (AvgIpc) is 3.29. The van der Waals surface area contributed by atoms with Crippen LogP contribution in [-0.4, -0.2) is 55.1 Å². The van der Waals surface area contributed by atoms with Crippen LogP contribution < -0.4 is 10.0 Å². The molecule has 1 amide bonds. The first kappa shape index (κ1) is 23.3. The van der Waals surface area contributed by atoms with Gasteiger partial charge < -0.3 is 5.32 Å². The first-order chi connectivity index (χ1) is 15.4. The van der Waals surface area contributed by atoms with Gasteiger partial charge in [0, 0.05) is 23.5 Å². The molecule has 0 saturated carbocycles. The number of aromatic nitrogens is 3. The SMILES string of the molecule is Cc1cc(C(=O)Nc2ccc(S(=O)(=O)NC3CCS(=O)(=O)C3)cc2)c2cnn(C(C)C)c2n1. The number of aryl methyl sites for hydroxylation is 1. The van der Waals surface area contributed by atoms with Crippen LogP contribution in [0.5, 0.6) is 0 Å². The Morgan fingerprint density at radius 3 is 2.52 bits per heavy atom. The summed E-state index contributed by atoms with van der Waals surface area (Å²) >= 11 is 0. The Hall–Kier alpha value is -2.83. The van der Waals surface area contributed by atoms with Crippen LogP contribution in [0.25, 0.3) is 11.0 Å². The van der Waals surface area contributed by atoms with E-state index in [4.69, 9.17) is 0 Å². The standard InChI is InChI=1S/C21H25N5O5S2/c1-13(2)26-20-19(11-22-26)18(10-14(3)23-20)21(27)24-15-4-6-17(7-5-15)33(30,31)25-16-8-9-32(28,29)12-16/h4-7,10-11,13,16,25H,8-9,12H2,1-3H3,(H,24,27). The van der Waals surface area contributed by atoms with Crippen molar-refractivity contribution in [2.24, 2.45) is 0 Å². The number of carbonyl (C=O) groups excluding carboxylic acids is 1. The summed E-state index contributed by atoms with van der Waals surface area (Å²) in [5, 5.41) is 7.75. The maximum Gasteiger partial charge on any atom is 0.256 e. The van der Waals surface area contributed by atoms with Crippen molar-refractivity contribution in [1.29, 1.82) is 0 Å². The van der Waals surface area contributed by atoms with E-state index in [1.54, 1.807) is 23.9 Å². The molecule has 1 fully saturated rings. The molecule has 3 aromatic rings. The number of pyridine rings is 1. The lowest BCUT2D eigenvalue weighted by Crippen LogP contribution is -2.35. The molecule has 0 spiro atoms. The summed E-state index contributed by atoms with van der Waals surface area (Å²) < 4.78 is 52.5. The molecule has 3 heterocycles. The summed E-state index contributed by atoms with van der Waals surface area (Å²) in [6, 6.07) is 6.84. The van der Waals surface area contributed by atoms with Gasteiger partial charge in [-0.1, -0.05) is 0 Å². The Bertz CT molecular complexity index is 1430. The highest BCUT2D eigenvalue weighted by atomic mass is 32.2. The first-order valence-electron chi connectivity index (χ1n) is 10.4. The molecule has 33 heavy (non-hydrogen) atoms. The molecule has 1 saturated heterocycles. The molecular weight excluding hydrogens is 466 g/mol. The van der Waals surface area contributed by atoms with Gasteiger partial charge in [0.15, 0.2) is 15.5 Å². The first-order valence-corrected chi connectivity index (χ1v) is 13.7. The van der Waals surface area contributed by atoms with E-state index < -0.39 is 25.9 Å². The number of sulfonamides is 1. The lowest BCUT2D eigenvalue weighted by Gasteiger charge is -2.12. The van der Waals surface area contributed by atoms with Crippen LogP contribution in [0.2, 0.25) is 0 Å². The summed E-state index contributed by atoms with van der Waals surface area (Å²) in [6.45, 7) is 5.76. The Balaban J connectivity index is 1.52.